The summed E-state index contributed by atoms with van der Waals surface area (Å²) in [5, 5.41) is 2.76. The average Bonchev–Trinajstić information content (AvgIpc) is 2.37. The van der Waals surface area contributed by atoms with Crippen molar-refractivity contribution in [2.45, 2.75) is 13.3 Å². The molecule has 0 radical (unpaired) electrons. The van der Waals surface area contributed by atoms with Crippen molar-refractivity contribution in [2.75, 3.05) is 19.6 Å². The smallest absolute Gasteiger partial charge is 0.254 e. The molecule has 0 aromatic heterocycles. The third kappa shape index (κ3) is 2.95. The molecule has 4 nitrogen and oxygen atoms in total. The lowest BCUT2D eigenvalue weighted by Crippen LogP contribution is -2.55. The molecule has 0 aliphatic carbocycles. The summed E-state index contributed by atoms with van der Waals surface area (Å²) in [6, 6.07) is 3.04. The molecule has 1 heterocycles. The highest BCUT2D eigenvalue weighted by Crippen LogP contribution is 2.20. The summed E-state index contributed by atoms with van der Waals surface area (Å²) in [6.45, 7) is 3.20. The van der Waals surface area contributed by atoms with Gasteiger partial charge in [-0.3, -0.25) is 9.59 Å². The fraction of sp³-hybridized carbons (Fsp3) is 0.429. The Morgan fingerprint density at radius 2 is 2.00 bits per heavy atom. The number of hydrogen-bond acceptors (Lipinski definition) is 2. The highest BCUT2D eigenvalue weighted by atomic mass is 19.2. The van der Waals surface area contributed by atoms with E-state index >= 15 is 0 Å². The molecule has 0 spiro atoms. The van der Waals surface area contributed by atoms with Gasteiger partial charge < -0.3 is 10.2 Å². The van der Waals surface area contributed by atoms with E-state index in [0.29, 0.717) is 19.6 Å². The zero-order valence-electron chi connectivity index (χ0n) is 11.2. The summed E-state index contributed by atoms with van der Waals surface area (Å²) in [7, 11) is 0. The van der Waals surface area contributed by atoms with Gasteiger partial charge in [0.05, 0.1) is 5.92 Å². The van der Waals surface area contributed by atoms with Crippen LogP contribution in [0.5, 0.6) is 0 Å². The Labute approximate surface area is 115 Å². The topological polar surface area (TPSA) is 49.4 Å². The number of nitrogens with zero attached hydrogens (tertiary/aromatic N) is 1. The lowest BCUT2D eigenvalue weighted by molar-refractivity contribution is -0.128. The number of halogens is 2. The molecule has 2 amide bonds. The first-order chi connectivity index (χ1) is 9.52. The molecule has 20 heavy (non-hydrogen) atoms. The van der Waals surface area contributed by atoms with Crippen LogP contribution in [0.25, 0.3) is 0 Å². The molecule has 0 saturated carbocycles. The molecule has 0 bridgehead atoms. The second-order valence-electron chi connectivity index (χ2n) is 4.83. The van der Waals surface area contributed by atoms with Crippen molar-refractivity contribution in [3.63, 3.8) is 0 Å². The van der Waals surface area contributed by atoms with Crippen molar-refractivity contribution in [2.24, 2.45) is 5.92 Å². The lowest BCUT2D eigenvalue weighted by atomic mass is 9.97. The molecule has 1 saturated heterocycles. The Hall–Kier alpha value is -1.98. The van der Waals surface area contributed by atoms with Gasteiger partial charge in [-0.25, -0.2) is 8.78 Å². The SMILES string of the molecule is CCCNC(=O)C1CN(C(=O)c2ccc(F)c(F)c2)C1. The third-order valence-corrected chi connectivity index (χ3v) is 3.26. The maximum Gasteiger partial charge on any atom is 0.254 e. The molecule has 0 atom stereocenters. The van der Waals surface area contributed by atoms with Gasteiger partial charge in [-0.1, -0.05) is 6.92 Å². The van der Waals surface area contributed by atoms with E-state index in [-0.39, 0.29) is 23.3 Å². The predicted octanol–water partition coefficient (Wildman–Crippen LogP) is 1.56. The number of nitrogens with one attached hydrogen (secondary N) is 1. The minimum atomic E-state index is -1.05. The fourth-order valence-electron chi connectivity index (χ4n) is 2.01. The predicted molar refractivity (Wildman–Crippen MR) is 69.1 cm³/mol. The molecule has 6 heteroatoms. The first-order valence-corrected chi connectivity index (χ1v) is 6.55. The van der Waals surface area contributed by atoms with Crippen LogP contribution in [0.15, 0.2) is 18.2 Å². The third-order valence-electron chi connectivity index (χ3n) is 3.26. The molecular formula is C14H16F2N2O2. The summed E-state index contributed by atoms with van der Waals surface area (Å²) in [5.74, 6) is -2.70. The van der Waals surface area contributed by atoms with Crippen LogP contribution >= 0.6 is 0 Å². The summed E-state index contributed by atoms with van der Waals surface area (Å²) in [6.07, 6.45) is 0.857. The summed E-state index contributed by atoms with van der Waals surface area (Å²) in [5.41, 5.74) is 0.0938. The maximum absolute atomic E-state index is 13.1. The van der Waals surface area contributed by atoms with Gasteiger partial charge in [-0.2, -0.15) is 0 Å². The normalized spacial score (nSPS) is 14.8. The van der Waals surface area contributed by atoms with Crippen molar-refractivity contribution < 1.29 is 18.4 Å². The van der Waals surface area contributed by atoms with Crippen LogP contribution in [0.4, 0.5) is 8.78 Å². The van der Waals surface area contributed by atoms with Crippen LogP contribution < -0.4 is 5.32 Å². The second kappa shape index (κ2) is 5.98. The van der Waals surface area contributed by atoms with Crippen molar-refractivity contribution in [1.82, 2.24) is 10.2 Å². The highest BCUT2D eigenvalue weighted by molar-refractivity contribution is 5.96. The number of likely N-dealkylation sites (tertiary alicyclic amines) is 1. The van der Waals surface area contributed by atoms with Crippen LogP contribution in [-0.4, -0.2) is 36.3 Å². The Kier molecular flexibility index (Phi) is 4.32. The molecule has 1 aliphatic heterocycles. The maximum atomic E-state index is 13.1. The van der Waals surface area contributed by atoms with Crippen LogP contribution in [0.1, 0.15) is 23.7 Å². The number of amides is 2. The van der Waals surface area contributed by atoms with Crippen molar-refractivity contribution in [3.05, 3.63) is 35.4 Å². The molecule has 1 aromatic rings. The lowest BCUT2D eigenvalue weighted by Gasteiger charge is -2.38. The quantitative estimate of drug-likeness (QED) is 0.911. The van der Waals surface area contributed by atoms with Gasteiger partial charge in [0.1, 0.15) is 0 Å². The van der Waals surface area contributed by atoms with Crippen LogP contribution in [0, 0.1) is 17.6 Å². The van der Waals surface area contributed by atoms with Crippen molar-refractivity contribution in [1.29, 1.82) is 0 Å². The first-order valence-electron chi connectivity index (χ1n) is 6.55. The van der Waals surface area contributed by atoms with Crippen LogP contribution in [0.2, 0.25) is 0 Å². The largest absolute Gasteiger partial charge is 0.356 e. The van der Waals surface area contributed by atoms with Gasteiger partial charge in [0, 0.05) is 25.2 Å². The number of hydrogen-bond donors (Lipinski definition) is 1. The van der Waals surface area contributed by atoms with E-state index in [1.54, 1.807) is 0 Å². The molecule has 108 valence electrons. The summed E-state index contributed by atoms with van der Waals surface area (Å²) >= 11 is 0. The molecule has 0 unspecified atom stereocenters. The molecule has 2 rings (SSSR count). The Morgan fingerprint density at radius 1 is 1.30 bits per heavy atom. The van der Waals surface area contributed by atoms with E-state index < -0.39 is 11.6 Å². The Morgan fingerprint density at radius 3 is 2.60 bits per heavy atom. The van der Waals surface area contributed by atoms with E-state index in [4.69, 9.17) is 0 Å². The van der Waals surface area contributed by atoms with Gasteiger partial charge in [0.15, 0.2) is 11.6 Å². The van der Waals surface area contributed by atoms with E-state index in [9.17, 15) is 18.4 Å². The molecule has 1 aromatic carbocycles. The molecule has 1 N–H and O–H groups in total. The minimum Gasteiger partial charge on any atom is -0.356 e. The molecule has 1 fully saturated rings. The van der Waals surface area contributed by atoms with Gasteiger partial charge in [-0.15, -0.1) is 0 Å². The number of rotatable bonds is 4. The zero-order chi connectivity index (χ0) is 14.7. The monoisotopic (exact) mass is 282 g/mol. The standard InChI is InChI=1S/C14H16F2N2O2/c1-2-5-17-13(19)10-7-18(8-10)14(20)9-3-4-11(15)12(16)6-9/h3-4,6,10H,2,5,7-8H2,1H3,(H,17,19). The van der Waals surface area contributed by atoms with Crippen LogP contribution in [0.3, 0.4) is 0 Å². The average molecular weight is 282 g/mol. The number of carbonyl (C=O) groups is 2. The fourth-order valence-corrected chi connectivity index (χ4v) is 2.01. The minimum absolute atomic E-state index is 0.0683. The number of carbonyl (C=O) groups excluding carboxylic acids is 2. The van der Waals surface area contributed by atoms with E-state index in [1.165, 1.54) is 11.0 Å². The van der Waals surface area contributed by atoms with Gasteiger partial charge in [0.25, 0.3) is 5.91 Å². The highest BCUT2D eigenvalue weighted by Gasteiger charge is 2.35. The van der Waals surface area contributed by atoms with E-state index in [1.807, 2.05) is 6.92 Å². The Bertz CT molecular complexity index is 528. The Balaban J connectivity index is 1.90. The van der Waals surface area contributed by atoms with E-state index in [0.717, 1.165) is 18.6 Å². The van der Waals surface area contributed by atoms with Crippen molar-refractivity contribution in [3.8, 4) is 0 Å². The molecular weight excluding hydrogens is 266 g/mol. The van der Waals surface area contributed by atoms with Gasteiger partial charge >= 0.3 is 0 Å². The first kappa shape index (κ1) is 14.4. The number of benzene rings is 1. The van der Waals surface area contributed by atoms with Gasteiger partial charge in [0.2, 0.25) is 5.91 Å². The second-order valence-corrected chi connectivity index (χ2v) is 4.83. The van der Waals surface area contributed by atoms with Crippen molar-refractivity contribution >= 4 is 11.8 Å². The van der Waals surface area contributed by atoms with E-state index in [2.05, 4.69) is 5.32 Å². The zero-order valence-corrected chi connectivity index (χ0v) is 11.2. The summed E-state index contributed by atoms with van der Waals surface area (Å²) < 4.78 is 25.9. The van der Waals surface area contributed by atoms with Gasteiger partial charge in [-0.05, 0) is 24.6 Å². The van der Waals surface area contributed by atoms with Crippen LogP contribution in [-0.2, 0) is 4.79 Å². The molecule has 1 aliphatic rings. The summed E-state index contributed by atoms with van der Waals surface area (Å²) in [4.78, 5) is 25.1.